The first kappa shape index (κ1) is 17.9. The van der Waals surface area contributed by atoms with Crippen LogP contribution in [0.5, 0.6) is 0 Å². The van der Waals surface area contributed by atoms with Crippen molar-refractivity contribution in [3.05, 3.63) is 0 Å². The minimum Gasteiger partial charge on any atom is -0.381 e. The predicted molar refractivity (Wildman–Crippen MR) is 87.3 cm³/mol. The summed E-state index contributed by atoms with van der Waals surface area (Å²) in [7, 11) is 1.88. The van der Waals surface area contributed by atoms with E-state index >= 15 is 0 Å². The summed E-state index contributed by atoms with van der Waals surface area (Å²) in [6.45, 7) is 14.3. The van der Waals surface area contributed by atoms with E-state index in [1.165, 1.54) is 71.4 Å². The molecule has 1 aliphatic rings. The Kier molecular flexibility index (Phi) is 9.49. The predicted octanol–water partition coefficient (Wildman–Crippen LogP) is 3.25. The molecule has 0 aliphatic carbocycles. The van der Waals surface area contributed by atoms with Gasteiger partial charge in [-0.25, -0.2) is 0 Å². The van der Waals surface area contributed by atoms with E-state index in [1.54, 1.807) is 0 Å². The number of ether oxygens (including phenoxy) is 1. The summed E-state index contributed by atoms with van der Waals surface area (Å²) < 4.78 is 5.63. The van der Waals surface area contributed by atoms with Gasteiger partial charge in [-0.05, 0) is 38.3 Å². The van der Waals surface area contributed by atoms with Crippen LogP contribution in [-0.4, -0.2) is 62.3 Å². The minimum absolute atomic E-state index is 0.477. The van der Waals surface area contributed by atoms with E-state index < -0.39 is 0 Å². The number of likely N-dealkylation sites (N-methyl/N-ethyl adjacent to an activating group) is 1. The quantitative estimate of drug-likeness (QED) is 0.612. The van der Waals surface area contributed by atoms with Crippen molar-refractivity contribution in [3.8, 4) is 0 Å². The molecule has 0 N–H and O–H groups in total. The Hall–Kier alpha value is -0.120. The molecule has 20 heavy (non-hydrogen) atoms. The molecule has 1 fully saturated rings. The molecule has 0 aromatic carbocycles. The molecule has 3 heteroatoms. The van der Waals surface area contributed by atoms with Crippen LogP contribution >= 0.6 is 0 Å². The lowest BCUT2D eigenvalue weighted by Crippen LogP contribution is -2.46. The van der Waals surface area contributed by atoms with Crippen LogP contribution in [0.4, 0.5) is 0 Å². The molecule has 0 amide bonds. The van der Waals surface area contributed by atoms with Crippen LogP contribution < -0.4 is 0 Å². The van der Waals surface area contributed by atoms with Gasteiger partial charge >= 0.3 is 0 Å². The molecule has 3 nitrogen and oxygen atoms in total. The zero-order valence-corrected chi connectivity index (χ0v) is 14.2. The Balaban J connectivity index is 2.06. The summed E-state index contributed by atoms with van der Waals surface area (Å²) in [4.78, 5) is 5.16. The van der Waals surface area contributed by atoms with Crippen molar-refractivity contribution in [3.63, 3.8) is 0 Å². The van der Waals surface area contributed by atoms with Crippen molar-refractivity contribution in [2.45, 2.75) is 59.0 Å². The second-order valence-corrected chi connectivity index (χ2v) is 6.60. The highest BCUT2D eigenvalue weighted by molar-refractivity contribution is 4.71. The van der Waals surface area contributed by atoms with Crippen molar-refractivity contribution < 1.29 is 4.74 Å². The van der Waals surface area contributed by atoms with Gasteiger partial charge in [0.15, 0.2) is 0 Å². The van der Waals surface area contributed by atoms with Gasteiger partial charge in [0, 0.05) is 33.3 Å². The van der Waals surface area contributed by atoms with Crippen molar-refractivity contribution >= 4 is 0 Å². The molecule has 120 valence electrons. The van der Waals surface area contributed by atoms with Crippen LogP contribution in [0.1, 0.15) is 52.9 Å². The summed E-state index contributed by atoms with van der Waals surface area (Å²) in [6, 6.07) is 0. The average molecular weight is 284 g/mol. The molecule has 0 unspecified atom stereocenters. The number of hydrogen-bond acceptors (Lipinski definition) is 3. The highest BCUT2D eigenvalue weighted by Crippen LogP contribution is 2.14. The topological polar surface area (TPSA) is 15.7 Å². The Morgan fingerprint density at radius 3 is 2.05 bits per heavy atom. The summed E-state index contributed by atoms with van der Waals surface area (Å²) in [5.74, 6) is 0.822. The number of methoxy groups -OCH3 is 1. The Morgan fingerprint density at radius 1 is 0.900 bits per heavy atom. The van der Waals surface area contributed by atoms with E-state index in [1.807, 2.05) is 7.11 Å². The minimum atomic E-state index is 0.477. The standard InChI is InChI=1S/C17H36N2O/c1-5-18-12-14-19(15-13-18)11-7-10-17(20-4)9-6-8-16(2)3/h16-17H,5-15H2,1-4H3/t17-/m1/s1. The zero-order valence-electron chi connectivity index (χ0n) is 14.2. The fraction of sp³-hybridized carbons (Fsp3) is 1.00. The van der Waals surface area contributed by atoms with E-state index in [9.17, 15) is 0 Å². The maximum absolute atomic E-state index is 5.63. The summed E-state index contributed by atoms with van der Waals surface area (Å²) >= 11 is 0. The Bertz CT molecular complexity index is 225. The molecule has 1 rings (SSSR count). The molecule has 0 aromatic rings. The van der Waals surface area contributed by atoms with Gasteiger partial charge in [0.1, 0.15) is 0 Å². The second kappa shape index (κ2) is 10.6. The van der Waals surface area contributed by atoms with Gasteiger partial charge in [-0.2, -0.15) is 0 Å². The number of piperazine rings is 1. The molecule has 0 bridgehead atoms. The van der Waals surface area contributed by atoms with E-state index in [-0.39, 0.29) is 0 Å². The molecule has 0 saturated carbocycles. The number of hydrogen-bond donors (Lipinski definition) is 0. The van der Waals surface area contributed by atoms with Crippen LogP contribution in [0.2, 0.25) is 0 Å². The zero-order chi connectivity index (χ0) is 14.8. The molecule has 0 aromatic heterocycles. The van der Waals surface area contributed by atoms with Gasteiger partial charge in [0.25, 0.3) is 0 Å². The molecule has 0 spiro atoms. The first-order chi connectivity index (χ1) is 9.65. The fourth-order valence-corrected chi connectivity index (χ4v) is 3.01. The normalized spacial score (nSPS) is 19.6. The molecule has 1 saturated heterocycles. The van der Waals surface area contributed by atoms with E-state index in [0.29, 0.717) is 6.10 Å². The van der Waals surface area contributed by atoms with Crippen molar-refractivity contribution in [2.75, 3.05) is 46.4 Å². The van der Waals surface area contributed by atoms with Crippen LogP contribution in [0.15, 0.2) is 0 Å². The van der Waals surface area contributed by atoms with Crippen LogP contribution in [0, 0.1) is 5.92 Å². The maximum atomic E-state index is 5.63. The van der Waals surface area contributed by atoms with E-state index in [0.717, 1.165) is 5.92 Å². The smallest absolute Gasteiger partial charge is 0.0571 e. The number of nitrogens with zero attached hydrogens (tertiary/aromatic N) is 2. The van der Waals surface area contributed by atoms with Crippen molar-refractivity contribution in [2.24, 2.45) is 5.92 Å². The lowest BCUT2D eigenvalue weighted by molar-refractivity contribution is 0.0757. The SMILES string of the molecule is CCN1CCN(CCC[C@@H](CCCC(C)C)OC)CC1. The van der Waals surface area contributed by atoms with Gasteiger partial charge in [-0.1, -0.05) is 33.6 Å². The molecule has 0 radical (unpaired) electrons. The Morgan fingerprint density at radius 2 is 1.50 bits per heavy atom. The first-order valence-electron chi connectivity index (χ1n) is 8.63. The third-order valence-corrected chi connectivity index (χ3v) is 4.55. The monoisotopic (exact) mass is 284 g/mol. The van der Waals surface area contributed by atoms with E-state index in [4.69, 9.17) is 4.74 Å². The highest BCUT2D eigenvalue weighted by atomic mass is 16.5. The highest BCUT2D eigenvalue weighted by Gasteiger charge is 2.15. The molecule has 1 heterocycles. The summed E-state index contributed by atoms with van der Waals surface area (Å²) in [5, 5.41) is 0. The largest absolute Gasteiger partial charge is 0.381 e. The molecular formula is C17H36N2O. The summed E-state index contributed by atoms with van der Waals surface area (Å²) in [5.41, 5.74) is 0. The summed E-state index contributed by atoms with van der Waals surface area (Å²) in [6.07, 6.45) is 6.86. The van der Waals surface area contributed by atoms with Crippen molar-refractivity contribution in [1.29, 1.82) is 0 Å². The van der Waals surface area contributed by atoms with Gasteiger partial charge in [-0.15, -0.1) is 0 Å². The lowest BCUT2D eigenvalue weighted by atomic mass is 10.0. The lowest BCUT2D eigenvalue weighted by Gasteiger charge is -2.34. The second-order valence-electron chi connectivity index (χ2n) is 6.60. The first-order valence-corrected chi connectivity index (χ1v) is 8.63. The van der Waals surface area contributed by atoms with Gasteiger partial charge in [-0.3, -0.25) is 0 Å². The van der Waals surface area contributed by atoms with Gasteiger partial charge in [0.2, 0.25) is 0 Å². The average Bonchev–Trinajstić information content (AvgIpc) is 2.46. The third-order valence-electron chi connectivity index (χ3n) is 4.55. The molecule has 1 aliphatic heterocycles. The van der Waals surface area contributed by atoms with Crippen molar-refractivity contribution in [1.82, 2.24) is 9.80 Å². The Labute approximate surface area is 126 Å². The van der Waals surface area contributed by atoms with Gasteiger partial charge in [0.05, 0.1) is 6.10 Å². The number of rotatable bonds is 10. The molecule has 1 atom stereocenters. The van der Waals surface area contributed by atoms with Crippen LogP contribution in [0.25, 0.3) is 0 Å². The third kappa shape index (κ3) is 7.61. The van der Waals surface area contributed by atoms with Gasteiger partial charge < -0.3 is 14.5 Å². The molecular weight excluding hydrogens is 248 g/mol. The maximum Gasteiger partial charge on any atom is 0.0571 e. The van der Waals surface area contributed by atoms with E-state index in [2.05, 4.69) is 30.6 Å². The fourth-order valence-electron chi connectivity index (χ4n) is 3.01. The van der Waals surface area contributed by atoms with Crippen LogP contribution in [0.3, 0.4) is 0 Å². The van der Waals surface area contributed by atoms with Crippen LogP contribution in [-0.2, 0) is 4.74 Å².